The number of fused-ring (bicyclic) bond motifs is 2. The summed E-state index contributed by atoms with van der Waals surface area (Å²) in [5, 5.41) is 39.7. The number of aromatic hydroxyl groups is 4. The Hall–Kier alpha value is -3.15. The second kappa shape index (κ2) is 5.49. The van der Waals surface area contributed by atoms with Gasteiger partial charge in [0.1, 0.15) is 44.9 Å². The Morgan fingerprint density at radius 3 is 2.33 bits per heavy atom. The molecular weight excluding hydrogens is 312 g/mol. The lowest BCUT2D eigenvalue weighted by Crippen LogP contribution is -2.04. The van der Waals surface area contributed by atoms with Crippen molar-refractivity contribution < 1.29 is 24.8 Å². The second-order valence-corrected chi connectivity index (χ2v) is 5.85. The van der Waals surface area contributed by atoms with E-state index in [1.165, 1.54) is 12.1 Å². The van der Waals surface area contributed by atoms with Crippen molar-refractivity contribution in [3.8, 4) is 23.0 Å². The van der Waals surface area contributed by atoms with E-state index in [-0.39, 0.29) is 51.2 Å². The smallest absolute Gasteiger partial charge is 0.208 e. The molecule has 6 heteroatoms. The third-order valence-electron chi connectivity index (χ3n) is 3.80. The summed E-state index contributed by atoms with van der Waals surface area (Å²) >= 11 is 0. The van der Waals surface area contributed by atoms with Gasteiger partial charge in [0.15, 0.2) is 0 Å². The quantitative estimate of drug-likeness (QED) is 0.424. The van der Waals surface area contributed by atoms with Crippen LogP contribution in [0.5, 0.6) is 23.0 Å². The van der Waals surface area contributed by atoms with Gasteiger partial charge >= 0.3 is 0 Å². The van der Waals surface area contributed by atoms with Gasteiger partial charge in [-0.2, -0.15) is 0 Å². The lowest BCUT2D eigenvalue weighted by molar-refractivity contribution is 0.443. The van der Waals surface area contributed by atoms with Gasteiger partial charge in [0.25, 0.3) is 0 Å². The van der Waals surface area contributed by atoms with Gasteiger partial charge in [-0.1, -0.05) is 11.6 Å². The van der Waals surface area contributed by atoms with E-state index in [2.05, 4.69) is 0 Å². The van der Waals surface area contributed by atoms with Gasteiger partial charge in [-0.25, -0.2) is 0 Å². The summed E-state index contributed by atoms with van der Waals surface area (Å²) in [6.07, 6.45) is 2.05. The Morgan fingerprint density at radius 2 is 1.67 bits per heavy atom. The number of phenols is 4. The first kappa shape index (κ1) is 15.7. The van der Waals surface area contributed by atoms with E-state index in [1.807, 2.05) is 13.8 Å². The van der Waals surface area contributed by atoms with Crippen molar-refractivity contribution >= 4 is 21.9 Å². The number of allylic oxidation sites excluding steroid dienone is 2. The third kappa shape index (κ3) is 2.42. The maximum atomic E-state index is 12.7. The standard InChI is InChI=1S/C18H16O6/c1-8(2)3-4-10-11(20)7-14-16(17(10)22)18(23)15-12(21)5-9(19)6-13(15)24-14/h3,5-7,19-22H,4H2,1-2H3. The molecule has 0 radical (unpaired) electrons. The number of rotatable bonds is 2. The van der Waals surface area contributed by atoms with Crippen molar-refractivity contribution in [3.05, 3.63) is 45.6 Å². The van der Waals surface area contributed by atoms with Gasteiger partial charge < -0.3 is 24.8 Å². The molecule has 0 aliphatic heterocycles. The molecule has 0 saturated carbocycles. The molecule has 0 fully saturated rings. The Bertz CT molecular complexity index is 1050. The van der Waals surface area contributed by atoms with Crippen LogP contribution < -0.4 is 5.43 Å². The van der Waals surface area contributed by atoms with Crippen LogP contribution in [0.3, 0.4) is 0 Å². The highest BCUT2D eigenvalue weighted by atomic mass is 16.3. The lowest BCUT2D eigenvalue weighted by Gasteiger charge is -2.10. The average Bonchev–Trinajstić information content (AvgIpc) is 2.44. The minimum atomic E-state index is -0.639. The number of phenolic OH excluding ortho intramolecular Hbond substituents is 4. The normalized spacial score (nSPS) is 11.1. The summed E-state index contributed by atoms with van der Waals surface area (Å²) in [7, 11) is 0. The van der Waals surface area contributed by atoms with E-state index in [4.69, 9.17) is 4.42 Å². The zero-order valence-electron chi connectivity index (χ0n) is 13.1. The van der Waals surface area contributed by atoms with Gasteiger partial charge in [-0.15, -0.1) is 0 Å². The topological polar surface area (TPSA) is 111 Å². The number of hydrogen-bond acceptors (Lipinski definition) is 6. The van der Waals surface area contributed by atoms with Crippen molar-refractivity contribution in [2.45, 2.75) is 20.3 Å². The molecule has 4 N–H and O–H groups in total. The number of hydrogen-bond donors (Lipinski definition) is 4. The SMILES string of the molecule is CC(C)=CCc1c(O)cc2oc3cc(O)cc(O)c3c(=O)c2c1O. The van der Waals surface area contributed by atoms with Gasteiger partial charge in [-0.05, 0) is 20.3 Å². The largest absolute Gasteiger partial charge is 0.508 e. The van der Waals surface area contributed by atoms with E-state index in [0.29, 0.717) is 0 Å². The van der Waals surface area contributed by atoms with Crippen molar-refractivity contribution in [2.75, 3.05) is 0 Å². The van der Waals surface area contributed by atoms with Crippen LogP contribution in [0.15, 0.2) is 39.1 Å². The molecule has 0 unspecified atom stereocenters. The molecule has 1 heterocycles. The van der Waals surface area contributed by atoms with Gasteiger partial charge in [0, 0.05) is 23.8 Å². The van der Waals surface area contributed by atoms with Crippen molar-refractivity contribution in [1.29, 1.82) is 0 Å². The minimum absolute atomic E-state index is 0.0338. The second-order valence-electron chi connectivity index (χ2n) is 5.85. The molecule has 0 aliphatic carbocycles. The van der Waals surface area contributed by atoms with E-state index < -0.39 is 11.2 Å². The fourth-order valence-electron chi connectivity index (χ4n) is 2.62. The third-order valence-corrected chi connectivity index (χ3v) is 3.80. The fraction of sp³-hybridized carbons (Fsp3) is 0.167. The van der Waals surface area contributed by atoms with Crippen LogP contribution in [-0.2, 0) is 6.42 Å². The van der Waals surface area contributed by atoms with Crippen LogP contribution in [0.4, 0.5) is 0 Å². The van der Waals surface area contributed by atoms with Crippen LogP contribution in [-0.4, -0.2) is 20.4 Å². The van der Waals surface area contributed by atoms with Crippen LogP contribution in [0.1, 0.15) is 19.4 Å². The molecule has 24 heavy (non-hydrogen) atoms. The highest BCUT2D eigenvalue weighted by Gasteiger charge is 2.20. The average molecular weight is 328 g/mol. The zero-order valence-corrected chi connectivity index (χ0v) is 13.1. The molecule has 0 spiro atoms. The first-order valence-electron chi connectivity index (χ1n) is 7.29. The molecule has 0 aliphatic rings. The molecule has 3 aromatic rings. The van der Waals surface area contributed by atoms with E-state index in [9.17, 15) is 25.2 Å². The molecule has 0 bridgehead atoms. The molecule has 1 aromatic heterocycles. The highest BCUT2D eigenvalue weighted by molar-refractivity contribution is 5.97. The van der Waals surface area contributed by atoms with Crippen molar-refractivity contribution in [1.82, 2.24) is 0 Å². The van der Waals surface area contributed by atoms with E-state index in [0.717, 1.165) is 11.6 Å². The van der Waals surface area contributed by atoms with Gasteiger partial charge in [-0.3, -0.25) is 4.79 Å². The summed E-state index contributed by atoms with van der Waals surface area (Å²) in [5.41, 5.74) is 0.482. The molecule has 0 amide bonds. The lowest BCUT2D eigenvalue weighted by atomic mass is 10.0. The van der Waals surface area contributed by atoms with Crippen LogP contribution >= 0.6 is 0 Å². The van der Waals surface area contributed by atoms with Crippen molar-refractivity contribution in [3.63, 3.8) is 0 Å². The van der Waals surface area contributed by atoms with Gasteiger partial charge in [0.05, 0.1) is 0 Å². The summed E-state index contributed by atoms with van der Waals surface area (Å²) < 4.78 is 5.48. The Labute approximate surface area is 136 Å². The summed E-state index contributed by atoms with van der Waals surface area (Å²) in [6, 6.07) is 3.44. The van der Waals surface area contributed by atoms with E-state index in [1.54, 1.807) is 6.08 Å². The Morgan fingerprint density at radius 1 is 1.00 bits per heavy atom. The Balaban J connectivity index is 2.43. The predicted molar refractivity (Wildman–Crippen MR) is 89.8 cm³/mol. The fourth-order valence-corrected chi connectivity index (χ4v) is 2.62. The molecular formula is C18H16O6. The zero-order chi connectivity index (χ0) is 17.6. The highest BCUT2D eigenvalue weighted by Crippen LogP contribution is 2.38. The summed E-state index contributed by atoms with van der Waals surface area (Å²) in [4.78, 5) is 12.7. The maximum Gasteiger partial charge on any atom is 0.208 e. The Kier molecular flexibility index (Phi) is 3.60. The summed E-state index contributed by atoms with van der Waals surface area (Å²) in [5.74, 6) is -1.30. The molecule has 3 rings (SSSR count). The summed E-state index contributed by atoms with van der Waals surface area (Å²) in [6.45, 7) is 3.75. The van der Waals surface area contributed by atoms with Crippen molar-refractivity contribution in [2.24, 2.45) is 0 Å². The monoisotopic (exact) mass is 328 g/mol. The molecule has 2 aromatic carbocycles. The van der Waals surface area contributed by atoms with Gasteiger partial charge in [0.2, 0.25) is 5.43 Å². The van der Waals surface area contributed by atoms with Crippen LogP contribution in [0, 0.1) is 0 Å². The molecule has 0 atom stereocenters. The predicted octanol–water partition coefficient (Wildman–Crippen LogP) is 3.28. The van der Waals surface area contributed by atoms with Crippen LogP contribution in [0.25, 0.3) is 21.9 Å². The van der Waals surface area contributed by atoms with Crippen LogP contribution in [0.2, 0.25) is 0 Å². The first-order chi connectivity index (χ1) is 11.3. The molecule has 124 valence electrons. The minimum Gasteiger partial charge on any atom is -0.508 e. The molecule has 6 nitrogen and oxygen atoms in total. The number of benzene rings is 2. The maximum absolute atomic E-state index is 12.7. The first-order valence-corrected chi connectivity index (χ1v) is 7.29. The van der Waals surface area contributed by atoms with E-state index >= 15 is 0 Å². The molecule has 0 saturated heterocycles.